The molecule has 1 amide bonds. The predicted molar refractivity (Wildman–Crippen MR) is 131 cm³/mol. The van der Waals surface area contributed by atoms with Gasteiger partial charge in [0, 0.05) is 17.1 Å². The van der Waals surface area contributed by atoms with Gasteiger partial charge in [-0.15, -0.1) is 0 Å². The van der Waals surface area contributed by atoms with Gasteiger partial charge in [0.05, 0.1) is 17.5 Å². The minimum atomic E-state index is -0.463. The molecule has 0 unspecified atom stereocenters. The summed E-state index contributed by atoms with van der Waals surface area (Å²) in [6, 6.07) is 28.0. The topological polar surface area (TPSA) is 105 Å². The smallest absolute Gasteiger partial charge is 0.277 e. The molecule has 2 aromatic heterocycles. The number of nitrogens with zero attached hydrogens (tertiary/aromatic N) is 4. The van der Waals surface area contributed by atoms with Crippen molar-refractivity contribution < 1.29 is 13.9 Å². The third-order valence-corrected chi connectivity index (χ3v) is 5.18. The number of nitrogens with one attached hydrogen (secondary N) is 1. The van der Waals surface area contributed by atoms with E-state index in [-0.39, 0.29) is 6.61 Å². The number of fused-ring (bicyclic) bond motifs is 1. The van der Waals surface area contributed by atoms with Crippen molar-refractivity contribution in [3.63, 3.8) is 0 Å². The fraction of sp³-hybridized carbons (Fsp3) is 0.0370. The number of furan rings is 1. The summed E-state index contributed by atoms with van der Waals surface area (Å²) in [5, 5.41) is 18.9. The van der Waals surface area contributed by atoms with E-state index in [9.17, 15) is 4.79 Å². The normalized spacial score (nSPS) is 10.9. The van der Waals surface area contributed by atoms with E-state index in [0.29, 0.717) is 28.3 Å². The molecule has 0 bridgehead atoms. The summed E-state index contributed by atoms with van der Waals surface area (Å²) >= 11 is 0. The molecule has 8 heteroatoms. The highest BCUT2D eigenvalue weighted by Gasteiger charge is 2.15. The summed E-state index contributed by atoms with van der Waals surface area (Å²) in [5.74, 6) is 0.463. The molecule has 0 saturated carbocycles. The third-order valence-electron chi connectivity index (χ3n) is 5.18. The molecule has 170 valence electrons. The van der Waals surface area contributed by atoms with Gasteiger partial charge in [0.25, 0.3) is 5.91 Å². The zero-order valence-corrected chi connectivity index (χ0v) is 18.5. The van der Waals surface area contributed by atoms with Gasteiger partial charge in [0.2, 0.25) is 0 Å². The molecule has 0 saturated heterocycles. The van der Waals surface area contributed by atoms with Crippen LogP contribution in [-0.2, 0) is 4.79 Å². The summed E-state index contributed by atoms with van der Waals surface area (Å²) in [4.78, 5) is 12.2. The summed E-state index contributed by atoms with van der Waals surface area (Å²) in [6.07, 6.45) is 3.32. The van der Waals surface area contributed by atoms with Crippen molar-refractivity contribution >= 4 is 23.1 Å². The highest BCUT2D eigenvalue weighted by atomic mass is 16.5. The van der Waals surface area contributed by atoms with Crippen LogP contribution in [0.5, 0.6) is 5.75 Å². The molecule has 0 radical (unpaired) electrons. The zero-order chi connectivity index (χ0) is 24.0. The summed E-state index contributed by atoms with van der Waals surface area (Å²) < 4.78 is 13.2. The lowest BCUT2D eigenvalue weighted by atomic mass is 10.2. The molecule has 2 heterocycles. The first-order chi connectivity index (χ1) is 17.2. The van der Waals surface area contributed by atoms with Crippen LogP contribution in [-0.4, -0.2) is 28.5 Å². The monoisotopic (exact) mass is 461 g/mol. The third kappa shape index (κ3) is 4.79. The Morgan fingerprint density at radius 1 is 1.09 bits per heavy atom. The van der Waals surface area contributed by atoms with Crippen molar-refractivity contribution in [2.45, 2.75) is 0 Å². The molecule has 8 nitrogen and oxygen atoms in total. The molecule has 0 aliphatic rings. The number of hydrogen-bond donors (Lipinski definition) is 1. The second-order valence-corrected chi connectivity index (χ2v) is 7.55. The molecule has 5 aromatic rings. The molecular weight excluding hydrogens is 442 g/mol. The van der Waals surface area contributed by atoms with Crippen molar-refractivity contribution in [1.82, 2.24) is 15.2 Å². The van der Waals surface area contributed by atoms with Crippen molar-refractivity contribution in [3.05, 3.63) is 102 Å². The average molecular weight is 461 g/mol. The van der Waals surface area contributed by atoms with Gasteiger partial charge in [-0.1, -0.05) is 48.5 Å². The quantitative estimate of drug-likeness (QED) is 0.280. The van der Waals surface area contributed by atoms with E-state index in [1.54, 1.807) is 28.9 Å². The van der Waals surface area contributed by atoms with Crippen molar-refractivity contribution in [2.24, 2.45) is 5.10 Å². The van der Waals surface area contributed by atoms with Crippen LogP contribution < -0.4 is 10.2 Å². The lowest BCUT2D eigenvalue weighted by Crippen LogP contribution is -2.24. The number of ether oxygens (including phenoxy) is 1. The van der Waals surface area contributed by atoms with E-state index >= 15 is 0 Å². The standard InChI is InChI=1S/C27H19N5O3/c28-15-20-9-5-6-12-23(20)34-18-26(33)30-29-16-21-17-32(22-10-2-1-3-11-22)31-27(21)25-14-19-8-4-7-13-24(19)35-25/h1-14,16-17H,18H2,(H,30,33)/b29-16-. The number of carbonyl (C=O) groups excluding carboxylic acids is 1. The van der Waals surface area contributed by atoms with Gasteiger partial charge < -0.3 is 9.15 Å². The number of nitriles is 1. The number of amides is 1. The lowest BCUT2D eigenvalue weighted by Gasteiger charge is -2.06. The van der Waals surface area contributed by atoms with Crippen LogP contribution in [0.2, 0.25) is 0 Å². The maximum Gasteiger partial charge on any atom is 0.277 e. The number of aromatic nitrogens is 2. The SMILES string of the molecule is N#Cc1ccccc1OCC(=O)N/N=C\c1cn(-c2ccccc2)nc1-c1cc2ccccc2o1. The number of benzene rings is 3. The fourth-order valence-electron chi connectivity index (χ4n) is 3.52. The maximum atomic E-state index is 12.2. The number of rotatable bonds is 7. The molecule has 1 N–H and O–H groups in total. The zero-order valence-electron chi connectivity index (χ0n) is 18.5. The molecule has 5 rings (SSSR count). The highest BCUT2D eigenvalue weighted by molar-refractivity contribution is 5.91. The van der Waals surface area contributed by atoms with Gasteiger partial charge in [-0.05, 0) is 36.4 Å². The molecule has 0 fully saturated rings. The molecule has 35 heavy (non-hydrogen) atoms. The second kappa shape index (κ2) is 9.77. The molecule has 0 aliphatic carbocycles. The van der Waals surface area contributed by atoms with Gasteiger partial charge in [-0.25, -0.2) is 10.1 Å². The van der Waals surface area contributed by atoms with Gasteiger partial charge in [-0.3, -0.25) is 4.79 Å². The predicted octanol–water partition coefficient (Wildman–Crippen LogP) is 4.69. The van der Waals surface area contributed by atoms with Gasteiger partial charge >= 0.3 is 0 Å². The Bertz CT molecular complexity index is 1530. The minimum Gasteiger partial charge on any atom is -0.482 e. The van der Waals surface area contributed by atoms with Crippen LogP contribution in [0.3, 0.4) is 0 Å². The molecule has 3 aromatic carbocycles. The average Bonchev–Trinajstić information content (AvgIpc) is 3.52. The van der Waals surface area contributed by atoms with Crippen LogP contribution >= 0.6 is 0 Å². The van der Waals surface area contributed by atoms with E-state index in [1.165, 1.54) is 6.21 Å². The van der Waals surface area contributed by atoms with Crippen LogP contribution in [0.1, 0.15) is 11.1 Å². The second-order valence-electron chi connectivity index (χ2n) is 7.55. The van der Waals surface area contributed by atoms with E-state index in [0.717, 1.165) is 16.7 Å². The number of hydrazone groups is 1. The van der Waals surface area contributed by atoms with E-state index in [1.807, 2.05) is 72.9 Å². The molecule has 0 spiro atoms. The summed E-state index contributed by atoms with van der Waals surface area (Å²) in [5.41, 5.74) is 5.67. The summed E-state index contributed by atoms with van der Waals surface area (Å²) in [6.45, 7) is -0.282. The Hall–Kier alpha value is -5.16. The van der Waals surface area contributed by atoms with Crippen LogP contribution in [0.15, 0.2) is 101 Å². The first-order valence-corrected chi connectivity index (χ1v) is 10.8. The van der Waals surface area contributed by atoms with Gasteiger partial charge in [-0.2, -0.15) is 15.5 Å². The van der Waals surface area contributed by atoms with Crippen molar-refractivity contribution in [3.8, 4) is 29.0 Å². The number of para-hydroxylation sites is 3. The van der Waals surface area contributed by atoms with E-state index < -0.39 is 5.91 Å². The van der Waals surface area contributed by atoms with E-state index in [4.69, 9.17) is 19.5 Å². The van der Waals surface area contributed by atoms with Crippen LogP contribution in [0.4, 0.5) is 0 Å². The number of hydrogen-bond acceptors (Lipinski definition) is 6. The highest BCUT2D eigenvalue weighted by Crippen LogP contribution is 2.29. The van der Waals surface area contributed by atoms with Crippen LogP contribution in [0, 0.1) is 11.3 Å². The van der Waals surface area contributed by atoms with Crippen LogP contribution in [0.25, 0.3) is 28.1 Å². The summed E-state index contributed by atoms with van der Waals surface area (Å²) in [7, 11) is 0. The van der Waals surface area contributed by atoms with Gasteiger partial charge in [0.15, 0.2) is 12.4 Å². The Morgan fingerprint density at radius 2 is 1.86 bits per heavy atom. The molecular formula is C27H19N5O3. The molecule has 0 aliphatic heterocycles. The molecule has 0 atom stereocenters. The first kappa shape index (κ1) is 21.7. The first-order valence-electron chi connectivity index (χ1n) is 10.8. The Balaban J connectivity index is 1.36. The largest absolute Gasteiger partial charge is 0.482 e. The fourth-order valence-corrected chi connectivity index (χ4v) is 3.52. The Labute approximate surface area is 200 Å². The van der Waals surface area contributed by atoms with Gasteiger partial charge in [0.1, 0.15) is 23.1 Å². The van der Waals surface area contributed by atoms with Crippen molar-refractivity contribution in [1.29, 1.82) is 5.26 Å². The van der Waals surface area contributed by atoms with Crippen molar-refractivity contribution in [2.75, 3.05) is 6.61 Å². The maximum absolute atomic E-state index is 12.2. The number of carbonyl (C=O) groups is 1. The van der Waals surface area contributed by atoms with E-state index in [2.05, 4.69) is 10.5 Å². The minimum absolute atomic E-state index is 0.282. The Kier molecular flexibility index (Phi) is 6.05. The Morgan fingerprint density at radius 3 is 2.69 bits per heavy atom. The lowest BCUT2D eigenvalue weighted by molar-refractivity contribution is -0.123.